The fraction of sp³-hybridized carbons (Fsp3) is 0.292. The van der Waals surface area contributed by atoms with Gasteiger partial charge in [-0.2, -0.15) is 0 Å². The molecule has 2 saturated heterocycles. The van der Waals surface area contributed by atoms with E-state index in [2.05, 4.69) is 0 Å². The van der Waals surface area contributed by atoms with E-state index in [0.29, 0.717) is 29.1 Å². The Morgan fingerprint density at radius 3 is 2.48 bits per heavy atom. The predicted octanol–water partition coefficient (Wildman–Crippen LogP) is 4.17. The number of morpholine rings is 1. The Balaban J connectivity index is 1.51. The molecule has 3 amide bonds. The average molecular weight is 437 g/mol. The van der Waals surface area contributed by atoms with Crippen LogP contribution < -0.4 is 0 Å². The van der Waals surface area contributed by atoms with E-state index in [-0.39, 0.29) is 35.8 Å². The lowest BCUT2D eigenvalue weighted by molar-refractivity contribution is -0.123. The van der Waals surface area contributed by atoms with Crippen LogP contribution in [0.1, 0.15) is 35.3 Å². The lowest BCUT2D eigenvalue weighted by Gasteiger charge is -2.35. The van der Waals surface area contributed by atoms with Crippen LogP contribution in [0.25, 0.3) is 6.08 Å². The van der Waals surface area contributed by atoms with E-state index in [1.807, 2.05) is 50.2 Å². The highest BCUT2D eigenvalue weighted by Gasteiger charge is 2.35. The van der Waals surface area contributed by atoms with Crippen molar-refractivity contribution in [3.05, 3.63) is 76.2 Å². The molecule has 0 aromatic heterocycles. The Morgan fingerprint density at radius 2 is 1.77 bits per heavy atom. The van der Waals surface area contributed by atoms with Crippen molar-refractivity contribution >= 4 is 34.9 Å². The molecule has 6 nitrogen and oxygen atoms in total. The first-order valence-electron chi connectivity index (χ1n) is 10.2. The molecule has 0 saturated carbocycles. The summed E-state index contributed by atoms with van der Waals surface area (Å²) in [4.78, 5) is 41.5. The molecule has 2 unspecified atom stereocenters. The summed E-state index contributed by atoms with van der Waals surface area (Å²) in [7, 11) is 0. The van der Waals surface area contributed by atoms with Gasteiger partial charge < -0.3 is 9.64 Å². The van der Waals surface area contributed by atoms with E-state index in [1.165, 1.54) is 4.90 Å². The molecule has 160 valence electrons. The first-order valence-corrected chi connectivity index (χ1v) is 11.1. The first-order chi connectivity index (χ1) is 14.9. The monoisotopic (exact) mass is 436 g/mol. The third kappa shape index (κ3) is 4.89. The molecule has 0 bridgehead atoms. The fourth-order valence-corrected chi connectivity index (χ4v) is 4.68. The summed E-state index contributed by atoms with van der Waals surface area (Å²) in [6, 6.07) is 16.6. The molecule has 0 N–H and O–H groups in total. The second-order valence-electron chi connectivity index (χ2n) is 7.85. The highest BCUT2D eigenvalue weighted by atomic mass is 32.2. The average Bonchev–Trinajstić information content (AvgIpc) is 3.01. The molecule has 0 radical (unpaired) electrons. The number of benzene rings is 2. The van der Waals surface area contributed by atoms with E-state index < -0.39 is 0 Å². The summed E-state index contributed by atoms with van der Waals surface area (Å²) in [5.41, 5.74) is 2.16. The lowest BCUT2D eigenvalue weighted by atomic mass is 10.1. The Morgan fingerprint density at radius 1 is 1.06 bits per heavy atom. The number of nitrogens with zero attached hydrogens (tertiary/aromatic N) is 2. The van der Waals surface area contributed by atoms with Crippen molar-refractivity contribution in [2.24, 2.45) is 0 Å². The largest absolute Gasteiger partial charge is 0.372 e. The number of ether oxygens (including phenoxy) is 1. The molecule has 31 heavy (non-hydrogen) atoms. The fourth-order valence-electron chi connectivity index (χ4n) is 3.84. The molecule has 2 aromatic carbocycles. The summed E-state index contributed by atoms with van der Waals surface area (Å²) in [6.07, 6.45) is 1.66. The molecular formula is C24H24N2O4S. The molecule has 4 rings (SSSR count). The summed E-state index contributed by atoms with van der Waals surface area (Å²) >= 11 is 0.925. The quantitative estimate of drug-likeness (QED) is 0.673. The van der Waals surface area contributed by atoms with E-state index >= 15 is 0 Å². The third-order valence-corrected chi connectivity index (χ3v) is 6.10. The number of thioether (sulfide) groups is 1. The highest BCUT2D eigenvalue weighted by molar-refractivity contribution is 8.18. The smallest absolute Gasteiger partial charge is 0.293 e. The Labute approximate surface area is 185 Å². The molecule has 2 heterocycles. The zero-order valence-corrected chi connectivity index (χ0v) is 18.3. The van der Waals surface area contributed by atoms with Crippen LogP contribution in [-0.4, -0.2) is 52.2 Å². The SMILES string of the molecule is CC1CN(C(=O)c2cccc(/C=C3\SC(=O)N(Cc4ccccc4)C3=O)c2)CC(C)O1. The number of amides is 3. The van der Waals surface area contributed by atoms with Gasteiger partial charge in [0, 0.05) is 18.7 Å². The van der Waals surface area contributed by atoms with Crippen LogP contribution in [0.15, 0.2) is 59.5 Å². The minimum absolute atomic E-state index is 0.00730. The van der Waals surface area contributed by atoms with Crippen LogP contribution in [0.5, 0.6) is 0 Å². The minimum Gasteiger partial charge on any atom is -0.372 e. The summed E-state index contributed by atoms with van der Waals surface area (Å²) < 4.78 is 5.71. The van der Waals surface area contributed by atoms with Gasteiger partial charge in [-0.1, -0.05) is 42.5 Å². The molecule has 0 aliphatic carbocycles. The van der Waals surface area contributed by atoms with Crippen molar-refractivity contribution in [2.75, 3.05) is 13.1 Å². The second kappa shape index (κ2) is 9.08. The normalized spacial score (nSPS) is 23.0. The number of hydrogen-bond acceptors (Lipinski definition) is 5. The van der Waals surface area contributed by atoms with E-state index in [0.717, 1.165) is 17.3 Å². The summed E-state index contributed by atoms with van der Waals surface area (Å²) in [6.45, 7) is 5.25. The molecular weight excluding hydrogens is 412 g/mol. The van der Waals surface area contributed by atoms with Gasteiger partial charge in [-0.05, 0) is 54.9 Å². The predicted molar refractivity (Wildman–Crippen MR) is 120 cm³/mol. The van der Waals surface area contributed by atoms with Gasteiger partial charge in [-0.3, -0.25) is 19.3 Å². The van der Waals surface area contributed by atoms with Crippen LogP contribution in [0.2, 0.25) is 0 Å². The highest BCUT2D eigenvalue weighted by Crippen LogP contribution is 2.33. The molecule has 2 atom stereocenters. The number of carbonyl (C=O) groups is 3. The maximum Gasteiger partial charge on any atom is 0.293 e. The third-order valence-electron chi connectivity index (χ3n) is 5.20. The van der Waals surface area contributed by atoms with Crippen molar-refractivity contribution < 1.29 is 19.1 Å². The summed E-state index contributed by atoms with van der Waals surface area (Å²) in [5, 5.41) is -0.288. The molecule has 7 heteroatoms. The molecule has 2 aromatic rings. The summed E-state index contributed by atoms with van der Waals surface area (Å²) in [5.74, 6) is -0.374. The number of hydrogen-bond donors (Lipinski definition) is 0. The van der Waals surface area contributed by atoms with Gasteiger partial charge in [-0.25, -0.2) is 0 Å². The van der Waals surface area contributed by atoms with Gasteiger partial charge in [0.2, 0.25) is 0 Å². The standard InChI is InChI=1S/C24H24N2O4S/c1-16-13-25(14-17(2)30-16)22(27)20-10-6-9-19(11-20)12-21-23(28)26(24(29)31-21)15-18-7-4-3-5-8-18/h3-12,16-17H,13-15H2,1-2H3/b21-12-. The van der Waals surface area contributed by atoms with Gasteiger partial charge in [-0.15, -0.1) is 0 Å². The van der Waals surface area contributed by atoms with Gasteiger partial charge in [0.15, 0.2) is 0 Å². The van der Waals surface area contributed by atoms with Crippen LogP contribution in [0.4, 0.5) is 4.79 Å². The van der Waals surface area contributed by atoms with Gasteiger partial charge in [0.05, 0.1) is 23.7 Å². The van der Waals surface area contributed by atoms with Crippen LogP contribution in [0.3, 0.4) is 0 Å². The number of carbonyl (C=O) groups excluding carboxylic acids is 3. The van der Waals surface area contributed by atoms with Crippen LogP contribution >= 0.6 is 11.8 Å². The maximum absolute atomic E-state index is 13.0. The Kier molecular flexibility index (Phi) is 6.25. The van der Waals surface area contributed by atoms with Crippen LogP contribution in [0, 0.1) is 0 Å². The zero-order chi connectivity index (χ0) is 22.0. The molecule has 0 spiro atoms. The van der Waals surface area contributed by atoms with Gasteiger partial charge >= 0.3 is 0 Å². The lowest BCUT2D eigenvalue weighted by Crippen LogP contribution is -2.48. The molecule has 2 aliphatic heterocycles. The van der Waals surface area contributed by atoms with E-state index in [9.17, 15) is 14.4 Å². The van der Waals surface area contributed by atoms with E-state index in [1.54, 1.807) is 29.2 Å². The van der Waals surface area contributed by atoms with Gasteiger partial charge in [0.1, 0.15) is 0 Å². The van der Waals surface area contributed by atoms with Crippen molar-refractivity contribution in [1.29, 1.82) is 0 Å². The van der Waals surface area contributed by atoms with Gasteiger partial charge in [0.25, 0.3) is 17.1 Å². The topological polar surface area (TPSA) is 66.9 Å². The number of rotatable bonds is 4. The van der Waals surface area contributed by atoms with Crippen molar-refractivity contribution in [3.63, 3.8) is 0 Å². The van der Waals surface area contributed by atoms with E-state index in [4.69, 9.17) is 4.74 Å². The maximum atomic E-state index is 13.0. The first kappa shape index (κ1) is 21.3. The Bertz CT molecular complexity index is 1030. The minimum atomic E-state index is -0.314. The zero-order valence-electron chi connectivity index (χ0n) is 17.5. The van der Waals surface area contributed by atoms with Crippen molar-refractivity contribution in [1.82, 2.24) is 9.80 Å². The van der Waals surface area contributed by atoms with Crippen molar-refractivity contribution in [3.8, 4) is 0 Å². The Hall–Kier alpha value is -2.90. The second-order valence-corrected chi connectivity index (χ2v) is 8.84. The van der Waals surface area contributed by atoms with Crippen LogP contribution in [-0.2, 0) is 16.1 Å². The van der Waals surface area contributed by atoms with Crippen molar-refractivity contribution in [2.45, 2.75) is 32.6 Å². The number of imide groups is 1. The molecule has 2 fully saturated rings. The molecule has 2 aliphatic rings.